The molecule has 1 aliphatic heterocycles. The lowest BCUT2D eigenvalue weighted by Gasteiger charge is -2.37. The number of amides is 2. The Kier molecular flexibility index (Phi) is 6.82. The van der Waals surface area contributed by atoms with E-state index in [2.05, 4.69) is 42.6 Å². The van der Waals surface area contributed by atoms with Crippen molar-refractivity contribution >= 4 is 23.2 Å². The van der Waals surface area contributed by atoms with Crippen LogP contribution in [0.2, 0.25) is 0 Å². The minimum absolute atomic E-state index is 0.0256. The first-order valence-corrected chi connectivity index (χ1v) is 13.3. The van der Waals surface area contributed by atoms with Gasteiger partial charge in [0.1, 0.15) is 6.54 Å². The summed E-state index contributed by atoms with van der Waals surface area (Å²) in [6.07, 6.45) is 6.18. The average Bonchev–Trinajstić information content (AvgIpc) is 3.61. The molecule has 2 amide bonds. The molecule has 1 aliphatic carbocycles. The first-order chi connectivity index (χ1) is 16.7. The Bertz CT molecular complexity index is 1130. The molecule has 2 aliphatic rings. The monoisotopic (exact) mass is 472 g/mol. The fraction of sp³-hybridized carbons (Fsp3) is 0.379. The normalized spacial score (nSPS) is 17.3. The lowest BCUT2D eigenvalue weighted by molar-refractivity contribution is -0.134. The van der Waals surface area contributed by atoms with Gasteiger partial charge >= 0.3 is 0 Å². The van der Waals surface area contributed by atoms with E-state index in [9.17, 15) is 9.59 Å². The molecule has 4 nitrogen and oxygen atoms in total. The number of thiophene rings is 1. The first-order valence-electron chi connectivity index (χ1n) is 12.5. The number of nitrogens with zero attached hydrogens (tertiary/aromatic N) is 2. The highest BCUT2D eigenvalue weighted by Gasteiger charge is 2.38. The molecule has 1 saturated carbocycles. The second-order valence-electron chi connectivity index (χ2n) is 9.41. The number of carbonyl (C=O) groups excluding carboxylic acids is 2. The van der Waals surface area contributed by atoms with E-state index in [1.165, 1.54) is 16.0 Å². The van der Waals surface area contributed by atoms with Crippen LogP contribution in [0, 0.1) is 0 Å². The second-order valence-corrected chi connectivity index (χ2v) is 10.4. The van der Waals surface area contributed by atoms with Crippen LogP contribution < -0.4 is 0 Å². The molecule has 5 heteroatoms. The number of rotatable bonds is 8. The molecular weight excluding hydrogens is 440 g/mol. The molecule has 0 radical (unpaired) electrons. The zero-order valence-electron chi connectivity index (χ0n) is 19.8. The first kappa shape index (κ1) is 22.9. The van der Waals surface area contributed by atoms with Gasteiger partial charge in [0.05, 0.1) is 6.04 Å². The molecule has 0 N–H and O–H groups in total. The summed E-state index contributed by atoms with van der Waals surface area (Å²) in [5, 5.41) is 2.12. The molecule has 5 rings (SSSR count). The molecule has 2 heterocycles. The maximum atomic E-state index is 13.7. The third kappa shape index (κ3) is 4.80. The van der Waals surface area contributed by atoms with Crippen molar-refractivity contribution in [3.05, 3.63) is 93.2 Å². The summed E-state index contributed by atoms with van der Waals surface area (Å²) in [6.45, 7) is 3.01. The topological polar surface area (TPSA) is 40.6 Å². The Hall–Kier alpha value is -2.92. The van der Waals surface area contributed by atoms with Crippen molar-refractivity contribution < 1.29 is 9.59 Å². The fourth-order valence-electron chi connectivity index (χ4n) is 4.93. The van der Waals surface area contributed by atoms with Crippen LogP contribution in [-0.2, 0) is 17.6 Å². The molecule has 3 aromatic rings. The molecule has 34 heavy (non-hydrogen) atoms. The number of fused-ring (bicyclic) bond motifs is 1. The van der Waals surface area contributed by atoms with E-state index in [-0.39, 0.29) is 30.4 Å². The maximum Gasteiger partial charge on any atom is 0.254 e. The van der Waals surface area contributed by atoms with Crippen molar-refractivity contribution in [2.75, 3.05) is 13.1 Å². The lowest BCUT2D eigenvalue weighted by Crippen LogP contribution is -2.47. The van der Waals surface area contributed by atoms with E-state index in [0.717, 1.165) is 44.1 Å². The van der Waals surface area contributed by atoms with Crippen LogP contribution in [0.5, 0.6) is 0 Å². The van der Waals surface area contributed by atoms with E-state index in [1.807, 2.05) is 40.1 Å². The zero-order chi connectivity index (χ0) is 23.5. The van der Waals surface area contributed by atoms with Crippen molar-refractivity contribution in [1.82, 2.24) is 9.80 Å². The summed E-state index contributed by atoms with van der Waals surface area (Å²) in [7, 11) is 0. The summed E-state index contributed by atoms with van der Waals surface area (Å²) < 4.78 is 0. The number of hydrogen-bond acceptors (Lipinski definition) is 3. The maximum absolute atomic E-state index is 13.7. The van der Waals surface area contributed by atoms with Gasteiger partial charge in [-0.1, -0.05) is 55.8 Å². The highest BCUT2D eigenvalue weighted by Crippen LogP contribution is 2.38. The molecule has 1 fully saturated rings. The minimum atomic E-state index is -0.0855. The van der Waals surface area contributed by atoms with Crippen LogP contribution in [0.4, 0.5) is 0 Å². The number of carbonyl (C=O) groups is 2. The smallest absolute Gasteiger partial charge is 0.254 e. The van der Waals surface area contributed by atoms with Crippen LogP contribution in [0.25, 0.3) is 0 Å². The highest BCUT2D eigenvalue weighted by molar-refractivity contribution is 7.10. The van der Waals surface area contributed by atoms with Crippen molar-refractivity contribution in [3.63, 3.8) is 0 Å². The Labute approximate surface area is 206 Å². The lowest BCUT2D eigenvalue weighted by atomic mass is 9.93. The van der Waals surface area contributed by atoms with E-state index in [1.54, 1.807) is 11.3 Å². The minimum Gasteiger partial charge on any atom is -0.330 e. The van der Waals surface area contributed by atoms with Crippen LogP contribution >= 0.6 is 11.3 Å². The summed E-state index contributed by atoms with van der Waals surface area (Å²) in [4.78, 5) is 32.3. The van der Waals surface area contributed by atoms with E-state index in [4.69, 9.17) is 0 Å². The van der Waals surface area contributed by atoms with Gasteiger partial charge in [-0.05, 0) is 72.4 Å². The number of hydrogen-bond donors (Lipinski definition) is 0. The summed E-state index contributed by atoms with van der Waals surface area (Å²) in [5.41, 5.74) is 4.29. The van der Waals surface area contributed by atoms with Gasteiger partial charge in [0.25, 0.3) is 5.91 Å². The van der Waals surface area contributed by atoms with Gasteiger partial charge in [-0.25, -0.2) is 0 Å². The van der Waals surface area contributed by atoms with Gasteiger partial charge in [-0.15, -0.1) is 11.3 Å². The Balaban J connectivity index is 1.35. The van der Waals surface area contributed by atoms with Gasteiger partial charge in [0.2, 0.25) is 5.91 Å². The van der Waals surface area contributed by atoms with Crippen LogP contribution in [0.3, 0.4) is 0 Å². The van der Waals surface area contributed by atoms with Crippen molar-refractivity contribution in [1.29, 1.82) is 0 Å². The third-order valence-corrected chi connectivity index (χ3v) is 7.97. The van der Waals surface area contributed by atoms with Gasteiger partial charge in [0, 0.05) is 23.0 Å². The average molecular weight is 473 g/mol. The predicted octanol–water partition coefficient (Wildman–Crippen LogP) is 5.87. The standard InChI is InChI=1S/C29H32N2O2S/c1-2-3-7-21-10-12-23(13-11-21)29(33)31(24-14-15-24)20-27(32)30-18-16-26-25(17-19-34-26)28(30)22-8-5-4-6-9-22/h4-6,8-13,17,19,24,28H,2-3,7,14-16,18,20H2,1H3. The Morgan fingerprint density at radius 1 is 1.03 bits per heavy atom. The van der Waals surface area contributed by atoms with Gasteiger partial charge in [0.15, 0.2) is 0 Å². The van der Waals surface area contributed by atoms with E-state index >= 15 is 0 Å². The Morgan fingerprint density at radius 3 is 2.50 bits per heavy atom. The largest absolute Gasteiger partial charge is 0.330 e. The van der Waals surface area contributed by atoms with Crippen LogP contribution in [0.1, 0.15) is 70.6 Å². The molecule has 1 aromatic heterocycles. The number of aryl methyl sites for hydroxylation is 1. The van der Waals surface area contributed by atoms with Gasteiger partial charge in [-0.3, -0.25) is 9.59 Å². The van der Waals surface area contributed by atoms with Crippen molar-refractivity contribution in [3.8, 4) is 0 Å². The quantitative estimate of drug-likeness (QED) is 0.411. The second kappa shape index (κ2) is 10.1. The fourth-order valence-corrected chi connectivity index (χ4v) is 5.83. The molecule has 0 bridgehead atoms. The SMILES string of the molecule is CCCCc1ccc(C(=O)N(CC(=O)N2CCc3sccc3C2c2ccccc2)C2CC2)cc1. The predicted molar refractivity (Wildman–Crippen MR) is 137 cm³/mol. The summed E-state index contributed by atoms with van der Waals surface area (Å²) >= 11 is 1.77. The molecule has 2 aromatic carbocycles. The van der Waals surface area contributed by atoms with Gasteiger partial charge in [-0.2, -0.15) is 0 Å². The number of unbranched alkanes of at least 4 members (excludes halogenated alkanes) is 1. The van der Waals surface area contributed by atoms with Crippen molar-refractivity contribution in [2.24, 2.45) is 0 Å². The van der Waals surface area contributed by atoms with Crippen LogP contribution in [-0.4, -0.2) is 40.7 Å². The van der Waals surface area contributed by atoms with Crippen molar-refractivity contribution in [2.45, 2.75) is 57.5 Å². The summed E-state index contributed by atoms with van der Waals surface area (Å²) in [6, 6.07) is 20.5. The molecule has 176 valence electrons. The number of benzene rings is 2. The molecule has 1 unspecified atom stereocenters. The van der Waals surface area contributed by atoms with E-state index < -0.39 is 0 Å². The summed E-state index contributed by atoms with van der Waals surface area (Å²) in [5.74, 6) is 0.00732. The van der Waals surface area contributed by atoms with E-state index in [0.29, 0.717) is 12.1 Å². The third-order valence-electron chi connectivity index (χ3n) is 6.98. The zero-order valence-corrected chi connectivity index (χ0v) is 20.6. The molecular formula is C29H32N2O2S. The molecule has 1 atom stereocenters. The molecule has 0 spiro atoms. The molecule has 0 saturated heterocycles. The van der Waals surface area contributed by atoms with Gasteiger partial charge < -0.3 is 9.80 Å². The van der Waals surface area contributed by atoms with Crippen LogP contribution in [0.15, 0.2) is 66.0 Å². The highest BCUT2D eigenvalue weighted by atomic mass is 32.1. The Morgan fingerprint density at radius 2 is 1.79 bits per heavy atom.